The summed E-state index contributed by atoms with van der Waals surface area (Å²) in [5, 5.41) is 9.27. The third-order valence-corrected chi connectivity index (χ3v) is 3.82. The fourth-order valence-corrected chi connectivity index (χ4v) is 3.10. The smallest absolute Gasteiger partial charge is 0.0650 e. The van der Waals surface area contributed by atoms with Crippen LogP contribution >= 0.6 is 0 Å². The van der Waals surface area contributed by atoms with Crippen LogP contribution in [0.25, 0.3) is 0 Å². The molecule has 0 radical (unpaired) electrons. The van der Waals surface area contributed by atoms with E-state index in [9.17, 15) is 5.11 Å². The average molecular weight is 199 g/mol. The lowest BCUT2D eigenvalue weighted by molar-refractivity contribution is 0.0204. The Kier molecular flexibility index (Phi) is 3.10. The molecular formula is C11H21NO2. The first kappa shape index (κ1) is 10.4. The van der Waals surface area contributed by atoms with Gasteiger partial charge in [-0.2, -0.15) is 0 Å². The van der Waals surface area contributed by atoms with E-state index < -0.39 is 0 Å². The van der Waals surface area contributed by atoms with E-state index in [1.165, 1.54) is 19.3 Å². The van der Waals surface area contributed by atoms with Crippen molar-refractivity contribution in [2.75, 3.05) is 26.4 Å². The summed E-state index contributed by atoms with van der Waals surface area (Å²) in [5.41, 5.74) is 0.281. The second-order valence-corrected chi connectivity index (χ2v) is 4.53. The minimum absolute atomic E-state index is 0.281. The summed E-state index contributed by atoms with van der Waals surface area (Å²) in [6, 6.07) is 0.401. The lowest BCUT2D eigenvalue weighted by Crippen LogP contribution is -2.46. The van der Waals surface area contributed by atoms with Crippen molar-refractivity contribution >= 4 is 0 Å². The molecule has 0 spiro atoms. The van der Waals surface area contributed by atoms with Gasteiger partial charge in [-0.3, -0.25) is 4.90 Å². The Labute approximate surface area is 86.0 Å². The van der Waals surface area contributed by atoms with Gasteiger partial charge in [0.25, 0.3) is 0 Å². The molecule has 2 rings (SSSR count). The SMILES string of the molecule is CCOCC12CCCN1C(CO)CC2. The summed E-state index contributed by atoms with van der Waals surface area (Å²) in [6.07, 6.45) is 4.87. The zero-order chi connectivity index (χ0) is 10.0. The van der Waals surface area contributed by atoms with Gasteiger partial charge in [0.15, 0.2) is 0 Å². The maximum Gasteiger partial charge on any atom is 0.0650 e. The molecule has 2 fully saturated rings. The molecule has 2 saturated heterocycles. The number of nitrogens with zero attached hydrogens (tertiary/aromatic N) is 1. The Balaban J connectivity index is 2.02. The van der Waals surface area contributed by atoms with Crippen LogP contribution in [0.3, 0.4) is 0 Å². The second-order valence-electron chi connectivity index (χ2n) is 4.53. The van der Waals surface area contributed by atoms with Crippen LogP contribution in [0.4, 0.5) is 0 Å². The Bertz CT molecular complexity index is 198. The number of hydrogen-bond donors (Lipinski definition) is 1. The predicted octanol–water partition coefficient (Wildman–Crippen LogP) is 1.01. The fourth-order valence-electron chi connectivity index (χ4n) is 3.10. The van der Waals surface area contributed by atoms with E-state index in [0.29, 0.717) is 12.6 Å². The van der Waals surface area contributed by atoms with Crippen LogP contribution in [0.15, 0.2) is 0 Å². The predicted molar refractivity (Wildman–Crippen MR) is 55.3 cm³/mol. The van der Waals surface area contributed by atoms with Crippen LogP contribution in [-0.2, 0) is 4.74 Å². The van der Waals surface area contributed by atoms with E-state index in [2.05, 4.69) is 11.8 Å². The fraction of sp³-hybridized carbons (Fsp3) is 1.00. The monoisotopic (exact) mass is 199 g/mol. The third kappa shape index (κ3) is 1.58. The summed E-state index contributed by atoms with van der Waals surface area (Å²) >= 11 is 0. The normalized spacial score (nSPS) is 37.7. The zero-order valence-corrected chi connectivity index (χ0v) is 9.04. The summed E-state index contributed by atoms with van der Waals surface area (Å²) in [5.74, 6) is 0. The van der Waals surface area contributed by atoms with Gasteiger partial charge in [-0.05, 0) is 39.2 Å². The molecule has 3 nitrogen and oxygen atoms in total. The van der Waals surface area contributed by atoms with Gasteiger partial charge in [0.1, 0.15) is 0 Å². The first-order valence-electron chi connectivity index (χ1n) is 5.78. The number of fused-ring (bicyclic) bond motifs is 1. The first-order valence-corrected chi connectivity index (χ1v) is 5.78. The highest BCUT2D eigenvalue weighted by Gasteiger charge is 2.48. The van der Waals surface area contributed by atoms with Crippen LogP contribution in [0, 0.1) is 0 Å². The summed E-state index contributed by atoms with van der Waals surface area (Å²) < 4.78 is 5.59. The zero-order valence-electron chi connectivity index (χ0n) is 9.04. The molecule has 0 aromatic rings. The molecule has 2 heterocycles. The van der Waals surface area contributed by atoms with Crippen LogP contribution in [-0.4, -0.2) is 48.0 Å². The molecule has 1 N–H and O–H groups in total. The standard InChI is InChI=1S/C11H21NO2/c1-2-14-9-11-5-3-7-12(11)10(8-13)4-6-11/h10,13H,2-9H2,1H3. The molecule has 2 aliphatic heterocycles. The van der Waals surface area contributed by atoms with Gasteiger partial charge in [0, 0.05) is 18.2 Å². The minimum Gasteiger partial charge on any atom is -0.395 e. The number of aliphatic hydroxyl groups excluding tert-OH is 1. The lowest BCUT2D eigenvalue weighted by Gasteiger charge is -2.34. The Morgan fingerprint density at radius 2 is 2.36 bits per heavy atom. The Morgan fingerprint density at radius 3 is 3.07 bits per heavy atom. The third-order valence-electron chi connectivity index (χ3n) is 3.82. The molecule has 2 atom stereocenters. The van der Waals surface area contributed by atoms with Crippen molar-refractivity contribution in [2.45, 2.75) is 44.2 Å². The molecule has 0 amide bonds. The van der Waals surface area contributed by atoms with Crippen LogP contribution < -0.4 is 0 Å². The van der Waals surface area contributed by atoms with Crippen molar-refractivity contribution in [2.24, 2.45) is 0 Å². The first-order chi connectivity index (χ1) is 6.82. The molecule has 0 aromatic heterocycles. The van der Waals surface area contributed by atoms with Gasteiger partial charge in [-0.15, -0.1) is 0 Å². The summed E-state index contributed by atoms with van der Waals surface area (Å²) in [7, 11) is 0. The second kappa shape index (κ2) is 4.17. The number of rotatable bonds is 4. The lowest BCUT2D eigenvalue weighted by atomic mass is 9.95. The van der Waals surface area contributed by atoms with Crippen molar-refractivity contribution in [3.05, 3.63) is 0 Å². The molecule has 2 unspecified atom stereocenters. The highest BCUT2D eigenvalue weighted by molar-refractivity contribution is 5.04. The Hall–Kier alpha value is -0.120. The summed E-state index contributed by atoms with van der Waals surface area (Å²) in [6.45, 7) is 5.18. The molecule has 14 heavy (non-hydrogen) atoms. The van der Waals surface area contributed by atoms with E-state index in [0.717, 1.165) is 26.2 Å². The number of aliphatic hydroxyl groups is 1. The van der Waals surface area contributed by atoms with Crippen LogP contribution in [0.2, 0.25) is 0 Å². The minimum atomic E-state index is 0.281. The average Bonchev–Trinajstić information content (AvgIpc) is 2.72. The van der Waals surface area contributed by atoms with E-state index >= 15 is 0 Å². The van der Waals surface area contributed by atoms with E-state index in [-0.39, 0.29) is 5.54 Å². The largest absolute Gasteiger partial charge is 0.395 e. The van der Waals surface area contributed by atoms with E-state index in [1.807, 2.05) is 0 Å². The van der Waals surface area contributed by atoms with E-state index in [1.54, 1.807) is 0 Å². The molecule has 82 valence electrons. The van der Waals surface area contributed by atoms with Gasteiger partial charge < -0.3 is 9.84 Å². The van der Waals surface area contributed by atoms with Crippen LogP contribution in [0.5, 0.6) is 0 Å². The quantitative estimate of drug-likeness (QED) is 0.733. The molecular weight excluding hydrogens is 178 g/mol. The van der Waals surface area contributed by atoms with E-state index in [4.69, 9.17) is 4.74 Å². The number of hydrogen-bond acceptors (Lipinski definition) is 3. The molecule has 0 bridgehead atoms. The van der Waals surface area contributed by atoms with Gasteiger partial charge >= 0.3 is 0 Å². The Morgan fingerprint density at radius 1 is 1.50 bits per heavy atom. The maximum atomic E-state index is 9.27. The van der Waals surface area contributed by atoms with Crippen LogP contribution in [0.1, 0.15) is 32.6 Å². The van der Waals surface area contributed by atoms with Crippen molar-refractivity contribution in [1.29, 1.82) is 0 Å². The maximum absolute atomic E-state index is 9.27. The summed E-state index contributed by atoms with van der Waals surface area (Å²) in [4.78, 5) is 2.49. The van der Waals surface area contributed by atoms with Gasteiger partial charge in [-0.25, -0.2) is 0 Å². The van der Waals surface area contributed by atoms with Gasteiger partial charge in [0.2, 0.25) is 0 Å². The highest BCUT2D eigenvalue weighted by Crippen LogP contribution is 2.42. The van der Waals surface area contributed by atoms with Gasteiger partial charge in [0.05, 0.1) is 13.2 Å². The van der Waals surface area contributed by atoms with Crippen molar-refractivity contribution in [3.8, 4) is 0 Å². The van der Waals surface area contributed by atoms with Crippen molar-refractivity contribution < 1.29 is 9.84 Å². The van der Waals surface area contributed by atoms with Crippen molar-refractivity contribution in [1.82, 2.24) is 4.90 Å². The topological polar surface area (TPSA) is 32.7 Å². The highest BCUT2D eigenvalue weighted by atomic mass is 16.5. The molecule has 0 aromatic carbocycles. The van der Waals surface area contributed by atoms with Gasteiger partial charge in [-0.1, -0.05) is 0 Å². The number of ether oxygens (including phenoxy) is 1. The van der Waals surface area contributed by atoms with Crippen molar-refractivity contribution in [3.63, 3.8) is 0 Å². The molecule has 0 saturated carbocycles. The molecule has 0 aliphatic carbocycles. The molecule has 3 heteroatoms. The molecule has 2 aliphatic rings.